The monoisotopic (exact) mass is 193 g/mol. The van der Waals surface area contributed by atoms with Gasteiger partial charge in [0.15, 0.2) is 11.6 Å². The molecule has 4 heteroatoms. The maximum atomic E-state index is 11.6. The fourth-order valence-electron chi connectivity index (χ4n) is 2.19. The SMILES string of the molecule is NC(=O)C1=CC2CCCC(C1=O)C2=O. The standard InChI is InChI=1S/C10H11NO3/c11-10(14)7-4-5-2-1-3-6(8(5)12)9(7)13/h4-6H,1-3H2,(H2,11,14). The van der Waals surface area contributed by atoms with Crippen molar-refractivity contribution < 1.29 is 14.4 Å². The summed E-state index contributed by atoms with van der Waals surface area (Å²) in [7, 11) is 0. The molecule has 0 aromatic carbocycles. The number of carbonyl (C=O) groups excluding carboxylic acids is 3. The minimum Gasteiger partial charge on any atom is -0.365 e. The molecule has 0 spiro atoms. The van der Waals surface area contributed by atoms with Crippen molar-refractivity contribution >= 4 is 17.5 Å². The van der Waals surface area contributed by atoms with Crippen LogP contribution in [0.4, 0.5) is 0 Å². The van der Waals surface area contributed by atoms with E-state index in [1.807, 2.05) is 0 Å². The highest BCUT2D eigenvalue weighted by atomic mass is 16.2. The summed E-state index contributed by atoms with van der Waals surface area (Å²) in [5.74, 6) is -1.97. The summed E-state index contributed by atoms with van der Waals surface area (Å²) in [4.78, 5) is 34.1. The van der Waals surface area contributed by atoms with E-state index in [1.165, 1.54) is 6.08 Å². The maximum Gasteiger partial charge on any atom is 0.252 e. The van der Waals surface area contributed by atoms with Crippen LogP contribution in [0.5, 0.6) is 0 Å². The number of amides is 1. The zero-order chi connectivity index (χ0) is 10.3. The molecular formula is C10H11NO3. The van der Waals surface area contributed by atoms with Crippen molar-refractivity contribution in [3.05, 3.63) is 11.6 Å². The minimum absolute atomic E-state index is 0.0271. The summed E-state index contributed by atoms with van der Waals surface area (Å²) < 4.78 is 0. The number of hydrogen-bond donors (Lipinski definition) is 1. The molecule has 0 aromatic rings. The van der Waals surface area contributed by atoms with E-state index in [2.05, 4.69) is 0 Å². The molecule has 0 radical (unpaired) electrons. The van der Waals surface area contributed by atoms with Gasteiger partial charge < -0.3 is 5.73 Å². The summed E-state index contributed by atoms with van der Waals surface area (Å²) >= 11 is 0. The third-order valence-electron chi connectivity index (χ3n) is 2.93. The number of nitrogens with two attached hydrogens (primary N) is 1. The molecule has 2 unspecified atom stereocenters. The van der Waals surface area contributed by atoms with E-state index in [9.17, 15) is 14.4 Å². The molecule has 1 fully saturated rings. The Kier molecular flexibility index (Phi) is 1.98. The normalized spacial score (nSPS) is 31.3. The predicted octanol–water partition coefficient (Wildman–Crippen LogP) is -0.0338. The number of ketones is 2. The Morgan fingerprint density at radius 1 is 1.36 bits per heavy atom. The third kappa shape index (κ3) is 1.18. The average Bonchev–Trinajstić information content (AvgIpc) is 2.11. The highest BCUT2D eigenvalue weighted by Gasteiger charge is 2.41. The Bertz CT molecular complexity index is 356. The molecule has 1 amide bonds. The summed E-state index contributed by atoms with van der Waals surface area (Å²) in [6.07, 6.45) is 3.62. The van der Waals surface area contributed by atoms with Crippen molar-refractivity contribution in [3.63, 3.8) is 0 Å². The van der Waals surface area contributed by atoms with Gasteiger partial charge in [0.25, 0.3) is 5.91 Å². The predicted molar refractivity (Wildman–Crippen MR) is 48.1 cm³/mol. The van der Waals surface area contributed by atoms with E-state index in [1.54, 1.807) is 0 Å². The molecular weight excluding hydrogens is 182 g/mol. The Morgan fingerprint density at radius 2 is 2.07 bits per heavy atom. The van der Waals surface area contributed by atoms with E-state index in [4.69, 9.17) is 5.73 Å². The molecule has 2 aliphatic rings. The van der Waals surface area contributed by atoms with Crippen LogP contribution in [0.15, 0.2) is 11.6 Å². The summed E-state index contributed by atoms with van der Waals surface area (Å²) in [6.45, 7) is 0. The molecule has 74 valence electrons. The van der Waals surface area contributed by atoms with Crippen LogP contribution in [0.2, 0.25) is 0 Å². The average molecular weight is 193 g/mol. The topological polar surface area (TPSA) is 77.2 Å². The van der Waals surface area contributed by atoms with Gasteiger partial charge in [-0.3, -0.25) is 14.4 Å². The van der Waals surface area contributed by atoms with Crippen LogP contribution in [-0.4, -0.2) is 17.5 Å². The fourth-order valence-corrected chi connectivity index (χ4v) is 2.19. The highest BCUT2D eigenvalue weighted by Crippen LogP contribution is 2.33. The van der Waals surface area contributed by atoms with Gasteiger partial charge in [-0.2, -0.15) is 0 Å². The number of primary amides is 1. The number of fused-ring (bicyclic) bond motifs is 2. The van der Waals surface area contributed by atoms with Crippen LogP contribution in [0.3, 0.4) is 0 Å². The van der Waals surface area contributed by atoms with Crippen molar-refractivity contribution in [2.24, 2.45) is 17.6 Å². The molecule has 14 heavy (non-hydrogen) atoms. The number of carbonyl (C=O) groups is 3. The lowest BCUT2D eigenvalue weighted by Crippen LogP contribution is -2.41. The second kappa shape index (κ2) is 3.04. The van der Waals surface area contributed by atoms with Gasteiger partial charge in [0, 0.05) is 5.92 Å². The van der Waals surface area contributed by atoms with Crippen LogP contribution in [0.1, 0.15) is 19.3 Å². The first-order valence-electron chi connectivity index (χ1n) is 4.71. The van der Waals surface area contributed by atoms with Gasteiger partial charge in [0.2, 0.25) is 0 Å². The lowest BCUT2D eigenvalue weighted by atomic mass is 9.71. The second-order valence-corrected chi connectivity index (χ2v) is 3.80. The molecule has 2 atom stereocenters. The third-order valence-corrected chi connectivity index (χ3v) is 2.93. The number of hydrogen-bond acceptors (Lipinski definition) is 3. The molecule has 1 saturated carbocycles. The molecule has 0 saturated heterocycles. The van der Waals surface area contributed by atoms with E-state index in [0.717, 1.165) is 12.8 Å². The van der Waals surface area contributed by atoms with Gasteiger partial charge in [-0.25, -0.2) is 0 Å². The van der Waals surface area contributed by atoms with Crippen molar-refractivity contribution in [2.45, 2.75) is 19.3 Å². The Morgan fingerprint density at radius 3 is 2.71 bits per heavy atom. The molecule has 4 nitrogen and oxygen atoms in total. The Labute approximate surface area is 81.1 Å². The van der Waals surface area contributed by atoms with Crippen molar-refractivity contribution in [1.29, 1.82) is 0 Å². The molecule has 2 bridgehead atoms. The van der Waals surface area contributed by atoms with E-state index >= 15 is 0 Å². The van der Waals surface area contributed by atoms with Crippen molar-refractivity contribution in [2.75, 3.05) is 0 Å². The highest BCUT2D eigenvalue weighted by molar-refractivity contribution is 6.26. The van der Waals surface area contributed by atoms with Crippen molar-refractivity contribution in [3.8, 4) is 0 Å². The first-order chi connectivity index (χ1) is 6.61. The zero-order valence-corrected chi connectivity index (χ0v) is 7.66. The Hall–Kier alpha value is -1.45. The van der Waals surface area contributed by atoms with Crippen molar-refractivity contribution in [1.82, 2.24) is 0 Å². The zero-order valence-electron chi connectivity index (χ0n) is 7.66. The number of allylic oxidation sites excluding steroid dienone is 1. The van der Waals surface area contributed by atoms with Crippen LogP contribution < -0.4 is 5.73 Å². The summed E-state index contributed by atoms with van der Waals surface area (Å²) in [5, 5.41) is 0. The molecule has 2 aliphatic carbocycles. The van der Waals surface area contributed by atoms with Gasteiger partial charge in [-0.1, -0.05) is 12.5 Å². The number of Topliss-reactive ketones (excluding diaryl/α,β-unsaturated/α-hetero) is 2. The summed E-state index contributed by atoms with van der Waals surface area (Å²) in [6, 6.07) is 0. The molecule has 0 heterocycles. The number of rotatable bonds is 1. The Balaban J connectivity index is 2.43. The summed E-state index contributed by atoms with van der Waals surface area (Å²) in [5.41, 5.74) is 5.09. The second-order valence-electron chi connectivity index (χ2n) is 3.80. The van der Waals surface area contributed by atoms with Gasteiger partial charge in [-0.05, 0) is 12.8 Å². The van der Waals surface area contributed by atoms with Crippen LogP contribution in [0, 0.1) is 11.8 Å². The van der Waals surface area contributed by atoms with E-state index in [-0.39, 0.29) is 23.1 Å². The minimum atomic E-state index is -0.709. The first kappa shape index (κ1) is 9.12. The van der Waals surface area contributed by atoms with E-state index in [0.29, 0.717) is 6.42 Å². The smallest absolute Gasteiger partial charge is 0.252 e. The van der Waals surface area contributed by atoms with E-state index < -0.39 is 11.8 Å². The van der Waals surface area contributed by atoms with Gasteiger partial charge in [-0.15, -0.1) is 0 Å². The maximum absolute atomic E-state index is 11.6. The van der Waals surface area contributed by atoms with Gasteiger partial charge >= 0.3 is 0 Å². The molecule has 2 N–H and O–H groups in total. The van der Waals surface area contributed by atoms with Crippen LogP contribution in [0.25, 0.3) is 0 Å². The molecule has 0 aromatic heterocycles. The quantitative estimate of drug-likeness (QED) is 0.469. The van der Waals surface area contributed by atoms with Crippen LogP contribution in [-0.2, 0) is 14.4 Å². The van der Waals surface area contributed by atoms with Crippen LogP contribution >= 0.6 is 0 Å². The van der Waals surface area contributed by atoms with Gasteiger partial charge in [0.1, 0.15) is 0 Å². The molecule has 0 aliphatic heterocycles. The lowest BCUT2D eigenvalue weighted by molar-refractivity contribution is -0.136. The largest absolute Gasteiger partial charge is 0.365 e. The first-order valence-corrected chi connectivity index (χ1v) is 4.71. The lowest BCUT2D eigenvalue weighted by Gasteiger charge is -2.29. The fraction of sp³-hybridized carbons (Fsp3) is 0.500. The molecule has 2 rings (SSSR count). The van der Waals surface area contributed by atoms with Gasteiger partial charge in [0.05, 0.1) is 11.5 Å².